The number of nitrogens with one attached hydrogen (secondary N) is 1. The minimum Gasteiger partial charge on any atom is -0.368 e. The van der Waals surface area contributed by atoms with Crippen molar-refractivity contribution in [3.63, 3.8) is 0 Å². The van der Waals surface area contributed by atoms with Gasteiger partial charge in [0.15, 0.2) is 0 Å². The molecule has 1 fully saturated rings. The number of hydrogen-bond donors (Lipinski definition) is 2. The summed E-state index contributed by atoms with van der Waals surface area (Å²) in [6.07, 6.45) is -4.45. The zero-order chi connectivity index (χ0) is 15.7. The van der Waals surface area contributed by atoms with Gasteiger partial charge in [-0.15, -0.1) is 0 Å². The van der Waals surface area contributed by atoms with Crippen LogP contribution in [0.5, 0.6) is 0 Å². The summed E-state index contributed by atoms with van der Waals surface area (Å²) >= 11 is 0. The number of nitrogens with zero attached hydrogens (tertiary/aromatic N) is 1. The van der Waals surface area contributed by atoms with Crippen LogP contribution in [-0.2, 0) is 16.5 Å². The van der Waals surface area contributed by atoms with Crippen molar-refractivity contribution in [3.05, 3.63) is 35.4 Å². The number of benzene rings is 1. The maximum atomic E-state index is 12.9. The van der Waals surface area contributed by atoms with Crippen LogP contribution in [0.25, 0.3) is 0 Å². The normalized spacial score (nSPS) is 20.0. The molecule has 0 aliphatic carbocycles. The highest BCUT2D eigenvalue weighted by Gasteiger charge is 2.41. The summed E-state index contributed by atoms with van der Waals surface area (Å²) in [4.78, 5) is 13.8. The fourth-order valence-corrected chi connectivity index (χ4v) is 2.59. The second-order valence-electron chi connectivity index (χ2n) is 5.25. The Morgan fingerprint density at radius 3 is 2.33 bits per heavy atom. The molecule has 1 heterocycles. The predicted molar refractivity (Wildman–Crippen MR) is 72.4 cm³/mol. The van der Waals surface area contributed by atoms with Gasteiger partial charge in [0.2, 0.25) is 5.91 Å². The van der Waals surface area contributed by atoms with Gasteiger partial charge in [-0.25, -0.2) is 0 Å². The van der Waals surface area contributed by atoms with Gasteiger partial charge in [0.1, 0.15) is 5.54 Å². The molecule has 1 amide bonds. The lowest BCUT2D eigenvalue weighted by molar-refractivity contribution is -0.138. The fraction of sp³-hybridized carbons (Fsp3) is 0.500. The first kappa shape index (κ1) is 15.8. The molecule has 1 aromatic carbocycles. The lowest BCUT2D eigenvalue weighted by atomic mass is 9.87. The SMILES string of the molecule is CC(C(N)=O)(c1cccc(C(F)(F)F)c1)N1CCNCC1. The maximum Gasteiger partial charge on any atom is 0.416 e. The fourth-order valence-electron chi connectivity index (χ4n) is 2.59. The number of carbonyl (C=O) groups is 1. The summed E-state index contributed by atoms with van der Waals surface area (Å²) in [6.45, 7) is 4.02. The van der Waals surface area contributed by atoms with E-state index in [1.165, 1.54) is 12.1 Å². The molecule has 0 bridgehead atoms. The lowest BCUT2D eigenvalue weighted by Crippen LogP contribution is -2.58. The Morgan fingerprint density at radius 1 is 1.24 bits per heavy atom. The van der Waals surface area contributed by atoms with Crippen LogP contribution in [-0.4, -0.2) is 37.0 Å². The minimum absolute atomic E-state index is 0.270. The molecule has 4 nitrogen and oxygen atoms in total. The smallest absolute Gasteiger partial charge is 0.368 e. The van der Waals surface area contributed by atoms with Gasteiger partial charge in [-0.05, 0) is 24.6 Å². The molecule has 0 spiro atoms. The van der Waals surface area contributed by atoms with E-state index in [4.69, 9.17) is 5.73 Å². The Balaban J connectivity index is 2.45. The van der Waals surface area contributed by atoms with Crippen molar-refractivity contribution in [2.24, 2.45) is 5.73 Å². The molecule has 21 heavy (non-hydrogen) atoms. The Hall–Kier alpha value is -1.60. The van der Waals surface area contributed by atoms with E-state index in [9.17, 15) is 18.0 Å². The van der Waals surface area contributed by atoms with Crippen LogP contribution in [0.2, 0.25) is 0 Å². The molecule has 116 valence electrons. The van der Waals surface area contributed by atoms with Gasteiger partial charge >= 0.3 is 6.18 Å². The van der Waals surface area contributed by atoms with Crippen molar-refractivity contribution in [3.8, 4) is 0 Å². The Morgan fingerprint density at radius 2 is 1.81 bits per heavy atom. The van der Waals surface area contributed by atoms with E-state index in [2.05, 4.69) is 5.32 Å². The summed E-state index contributed by atoms with van der Waals surface area (Å²) in [5.41, 5.74) is 3.76. The zero-order valence-electron chi connectivity index (χ0n) is 11.7. The van der Waals surface area contributed by atoms with Crippen LogP contribution in [0.15, 0.2) is 24.3 Å². The third kappa shape index (κ3) is 3.03. The topological polar surface area (TPSA) is 58.4 Å². The standard InChI is InChI=1S/C14H18F3N3O/c1-13(12(18)21,20-7-5-19-6-8-20)10-3-2-4-11(9-10)14(15,16)17/h2-4,9,19H,5-8H2,1H3,(H2,18,21). The highest BCUT2D eigenvalue weighted by Crippen LogP contribution is 2.34. The second kappa shape index (κ2) is 5.65. The number of nitrogens with two attached hydrogens (primary N) is 1. The number of halogens is 3. The number of alkyl halides is 3. The van der Waals surface area contributed by atoms with E-state index < -0.39 is 23.2 Å². The maximum absolute atomic E-state index is 12.9. The molecular weight excluding hydrogens is 283 g/mol. The second-order valence-corrected chi connectivity index (χ2v) is 5.25. The summed E-state index contributed by atoms with van der Waals surface area (Å²) in [5, 5.41) is 3.14. The monoisotopic (exact) mass is 301 g/mol. The quantitative estimate of drug-likeness (QED) is 0.885. The predicted octanol–water partition coefficient (Wildman–Crippen LogP) is 1.31. The van der Waals surface area contributed by atoms with Crippen LogP contribution < -0.4 is 11.1 Å². The first-order valence-electron chi connectivity index (χ1n) is 6.69. The van der Waals surface area contributed by atoms with Crippen molar-refractivity contribution in [1.82, 2.24) is 10.2 Å². The van der Waals surface area contributed by atoms with Crippen molar-refractivity contribution >= 4 is 5.91 Å². The van der Waals surface area contributed by atoms with Gasteiger partial charge in [0.25, 0.3) is 0 Å². The van der Waals surface area contributed by atoms with Crippen LogP contribution in [0.4, 0.5) is 13.2 Å². The Kier molecular flexibility index (Phi) is 4.25. The van der Waals surface area contributed by atoms with E-state index in [0.717, 1.165) is 12.1 Å². The zero-order valence-corrected chi connectivity index (χ0v) is 11.7. The third-order valence-corrected chi connectivity index (χ3v) is 3.98. The number of rotatable bonds is 3. The molecule has 0 saturated carbocycles. The molecule has 0 radical (unpaired) electrons. The molecular formula is C14H18F3N3O. The van der Waals surface area contributed by atoms with Crippen molar-refractivity contribution in [2.75, 3.05) is 26.2 Å². The van der Waals surface area contributed by atoms with Crippen LogP contribution >= 0.6 is 0 Å². The van der Waals surface area contributed by atoms with Crippen molar-refractivity contribution in [1.29, 1.82) is 0 Å². The third-order valence-electron chi connectivity index (χ3n) is 3.98. The van der Waals surface area contributed by atoms with Gasteiger partial charge in [0.05, 0.1) is 5.56 Å². The van der Waals surface area contributed by atoms with Gasteiger partial charge < -0.3 is 11.1 Å². The molecule has 1 aliphatic rings. The van der Waals surface area contributed by atoms with E-state index in [1.54, 1.807) is 6.92 Å². The largest absolute Gasteiger partial charge is 0.416 e. The molecule has 0 aromatic heterocycles. The van der Waals surface area contributed by atoms with Crippen LogP contribution in [0.3, 0.4) is 0 Å². The molecule has 1 unspecified atom stereocenters. The summed E-state index contributed by atoms with van der Waals surface area (Å²) in [5.74, 6) is -0.649. The molecule has 2 rings (SSSR count). The average Bonchev–Trinajstić information content (AvgIpc) is 2.46. The van der Waals surface area contributed by atoms with Gasteiger partial charge in [0, 0.05) is 26.2 Å². The summed E-state index contributed by atoms with van der Waals surface area (Å²) in [6, 6.07) is 4.82. The van der Waals surface area contributed by atoms with Gasteiger partial charge in [-0.1, -0.05) is 12.1 Å². The molecule has 1 atom stereocenters. The van der Waals surface area contributed by atoms with E-state index >= 15 is 0 Å². The van der Waals surface area contributed by atoms with Crippen molar-refractivity contribution < 1.29 is 18.0 Å². The van der Waals surface area contributed by atoms with E-state index in [0.29, 0.717) is 26.2 Å². The summed E-state index contributed by atoms with van der Waals surface area (Å²) < 4.78 is 38.6. The highest BCUT2D eigenvalue weighted by atomic mass is 19.4. The summed E-state index contributed by atoms with van der Waals surface area (Å²) in [7, 11) is 0. The first-order valence-corrected chi connectivity index (χ1v) is 6.69. The number of carbonyl (C=O) groups excluding carboxylic acids is 1. The highest BCUT2D eigenvalue weighted by molar-refractivity contribution is 5.85. The number of primary amides is 1. The number of amides is 1. The van der Waals surface area contributed by atoms with Gasteiger partial charge in [-0.3, -0.25) is 9.69 Å². The molecule has 1 aliphatic heterocycles. The van der Waals surface area contributed by atoms with Gasteiger partial charge in [-0.2, -0.15) is 13.2 Å². The Bertz CT molecular complexity index is 526. The first-order chi connectivity index (χ1) is 9.76. The Labute approximate surface area is 121 Å². The lowest BCUT2D eigenvalue weighted by Gasteiger charge is -2.41. The van der Waals surface area contributed by atoms with Crippen molar-refractivity contribution in [2.45, 2.75) is 18.6 Å². The minimum atomic E-state index is -4.45. The number of hydrogen-bond acceptors (Lipinski definition) is 3. The molecule has 1 saturated heterocycles. The van der Waals surface area contributed by atoms with Crippen LogP contribution in [0, 0.1) is 0 Å². The van der Waals surface area contributed by atoms with E-state index in [-0.39, 0.29) is 5.56 Å². The molecule has 3 N–H and O–H groups in total. The number of piperazine rings is 1. The average molecular weight is 301 g/mol. The molecule has 7 heteroatoms. The van der Waals surface area contributed by atoms with E-state index in [1.807, 2.05) is 4.90 Å². The molecule has 1 aromatic rings. The van der Waals surface area contributed by atoms with Crippen LogP contribution in [0.1, 0.15) is 18.1 Å².